The molecule has 0 saturated heterocycles. The fraction of sp³-hybridized carbons (Fsp3) is 0.316. The van der Waals surface area contributed by atoms with Gasteiger partial charge in [0.1, 0.15) is 17.7 Å². The van der Waals surface area contributed by atoms with Gasteiger partial charge in [0.15, 0.2) is 5.65 Å². The van der Waals surface area contributed by atoms with E-state index in [-0.39, 0.29) is 12.1 Å². The Bertz CT molecular complexity index is 937. The molecule has 3 heterocycles. The highest BCUT2D eigenvalue weighted by atomic mass is 16.5. The number of aromatic nitrogens is 3. The fourth-order valence-electron chi connectivity index (χ4n) is 3.18. The van der Waals surface area contributed by atoms with E-state index in [1.54, 1.807) is 0 Å². The Hall–Kier alpha value is -3.09. The van der Waals surface area contributed by atoms with Crippen molar-refractivity contribution in [3.05, 3.63) is 54.0 Å². The molecule has 4 rings (SSSR count). The van der Waals surface area contributed by atoms with Crippen LogP contribution >= 0.6 is 0 Å². The third-order valence-electron chi connectivity index (χ3n) is 4.40. The van der Waals surface area contributed by atoms with Gasteiger partial charge in [0.2, 0.25) is 0 Å². The summed E-state index contributed by atoms with van der Waals surface area (Å²) in [4.78, 5) is 12.1. The van der Waals surface area contributed by atoms with Gasteiger partial charge in [-0.25, -0.2) is 4.79 Å². The first-order valence-electron chi connectivity index (χ1n) is 8.82. The molecule has 1 atom stereocenters. The first-order valence-corrected chi connectivity index (χ1v) is 8.82. The van der Waals surface area contributed by atoms with Gasteiger partial charge in [-0.2, -0.15) is 0 Å². The Morgan fingerprint density at radius 1 is 1.31 bits per heavy atom. The molecule has 0 bridgehead atoms. The van der Waals surface area contributed by atoms with Crippen LogP contribution in [0.2, 0.25) is 0 Å². The van der Waals surface area contributed by atoms with E-state index in [0.29, 0.717) is 6.54 Å². The average molecular weight is 351 g/mol. The predicted octanol–water partition coefficient (Wildman–Crippen LogP) is 2.81. The number of nitrogens with one attached hydrogen (secondary N) is 2. The van der Waals surface area contributed by atoms with Gasteiger partial charge in [0.05, 0.1) is 0 Å². The number of aryl methyl sites for hydroxylation is 1. The lowest BCUT2D eigenvalue weighted by atomic mass is 10.1. The van der Waals surface area contributed by atoms with Crippen molar-refractivity contribution in [2.45, 2.75) is 32.3 Å². The molecule has 2 aromatic heterocycles. The standard InChI is InChI=1S/C19H21N5O2/c1-13-11-14-12-15(7-8-16(14)26-13)21-19(25)20-9-4-6-18-23-22-17-5-2-3-10-24(17)18/h2-3,5,7-8,10,12-13H,4,6,9,11H2,1H3,(H2,20,21,25)/t13-/m1/s1. The van der Waals surface area contributed by atoms with E-state index in [9.17, 15) is 4.79 Å². The largest absolute Gasteiger partial charge is 0.490 e. The number of benzene rings is 1. The maximum absolute atomic E-state index is 12.1. The summed E-state index contributed by atoms with van der Waals surface area (Å²) < 4.78 is 7.64. The van der Waals surface area contributed by atoms with Crippen LogP contribution in [0.5, 0.6) is 5.75 Å². The van der Waals surface area contributed by atoms with Crippen molar-refractivity contribution in [1.82, 2.24) is 19.9 Å². The predicted molar refractivity (Wildman–Crippen MR) is 98.6 cm³/mol. The van der Waals surface area contributed by atoms with E-state index < -0.39 is 0 Å². The minimum absolute atomic E-state index is 0.197. The number of nitrogens with zero attached hydrogens (tertiary/aromatic N) is 3. The van der Waals surface area contributed by atoms with Crippen molar-refractivity contribution in [3.63, 3.8) is 0 Å². The zero-order chi connectivity index (χ0) is 17.9. The highest BCUT2D eigenvalue weighted by Gasteiger charge is 2.19. The average Bonchev–Trinajstić information content (AvgIpc) is 3.21. The second-order valence-corrected chi connectivity index (χ2v) is 6.48. The minimum Gasteiger partial charge on any atom is -0.490 e. The Balaban J connectivity index is 1.25. The molecule has 1 aliphatic heterocycles. The molecule has 26 heavy (non-hydrogen) atoms. The number of hydrogen-bond acceptors (Lipinski definition) is 4. The van der Waals surface area contributed by atoms with Gasteiger partial charge in [-0.15, -0.1) is 10.2 Å². The summed E-state index contributed by atoms with van der Waals surface area (Å²) in [5.41, 5.74) is 2.75. The van der Waals surface area contributed by atoms with Gasteiger partial charge in [0.25, 0.3) is 0 Å². The number of rotatable bonds is 5. The topological polar surface area (TPSA) is 80.5 Å². The highest BCUT2D eigenvalue weighted by Crippen LogP contribution is 2.30. The molecule has 0 aliphatic carbocycles. The number of amides is 2. The van der Waals surface area contributed by atoms with Gasteiger partial charge in [0, 0.05) is 31.3 Å². The molecule has 0 radical (unpaired) electrons. The van der Waals surface area contributed by atoms with Crippen LogP contribution < -0.4 is 15.4 Å². The number of pyridine rings is 1. The van der Waals surface area contributed by atoms with Crippen molar-refractivity contribution >= 4 is 17.4 Å². The van der Waals surface area contributed by atoms with E-state index in [2.05, 4.69) is 20.8 Å². The zero-order valence-electron chi connectivity index (χ0n) is 14.6. The Kier molecular flexibility index (Phi) is 4.43. The molecule has 2 N–H and O–H groups in total. The van der Waals surface area contributed by atoms with Crippen molar-refractivity contribution in [1.29, 1.82) is 0 Å². The molecule has 134 valence electrons. The summed E-state index contributed by atoms with van der Waals surface area (Å²) in [7, 11) is 0. The van der Waals surface area contributed by atoms with E-state index in [0.717, 1.165) is 47.7 Å². The van der Waals surface area contributed by atoms with Crippen LogP contribution in [0, 0.1) is 0 Å². The molecule has 0 spiro atoms. The second-order valence-electron chi connectivity index (χ2n) is 6.48. The maximum atomic E-state index is 12.1. The maximum Gasteiger partial charge on any atom is 0.319 e. The molecule has 2 amide bonds. The first kappa shape index (κ1) is 16.4. The van der Waals surface area contributed by atoms with Gasteiger partial charge in [-0.3, -0.25) is 4.40 Å². The molecule has 1 aromatic carbocycles. The summed E-state index contributed by atoms with van der Waals surface area (Å²) in [6, 6.07) is 11.3. The first-order chi connectivity index (χ1) is 12.7. The van der Waals surface area contributed by atoms with Crippen LogP contribution in [-0.4, -0.2) is 33.3 Å². The number of fused-ring (bicyclic) bond motifs is 2. The SMILES string of the molecule is C[C@@H]1Cc2cc(NC(=O)NCCCc3nnc4ccccn34)ccc2O1. The van der Waals surface area contributed by atoms with E-state index in [1.165, 1.54) is 0 Å². The molecular formula is C19H21N5O2. The van der Waals surface area contributed by atoms with Crippen LogP contribution in [0.1, 0.15) is 24.7 Å². The Morgan fingerprint density at radius 2 is 2.23 bits per heavy atom. The van der Waals surface area contributed by atoms with Crippen molar-refractivity contribution in [3.8, 4) is 5.75 Å². The van der Waals surface area contributed by atoms with Crippen molar-refractivity contribution < 1.29 is 9.53 Å². The lowest BCUT2D eigenvalue weighted by Crippen LogP contribution is -2.29. The third kappa shape index (κ3) is 3.46. The summed E-state index contributed by atoms with van der Waals surface area (Å²) in [5, 5.41) is 14.1. The molecule has 0 fully saturated rings. The molecule has 0 saturated carbocycles. The monoisotopic (exact) mass is 351 g/mol. The summed E-state index contributed by atoms with van der Waals surface area (Å²) in [5.74, 6) is 1.81. The van der Waals surface area contributed by atoms with Crippen LogP contribution in [0.15, 0.2) is 42.6 Å². The van der Waals surface area contributed by atoms with Crippen molar-refractivity contribution in [2.75, 3.05) is 11.9 Å². The van der Waals surface area contributed by atoms with Crippen molar-refractivity contribution in [2.24, 2.45) is 0 Å². The Labute approximate surface area is 151 Å². The normalized spacial score (nSPS) is 15.5. The number of urea groups is 1. The third-order valence-corrected chi connectivity index (χ3v) is 4.40. The van der Waals surface area contributed by atoms with E-state index >= 15 is 0 Å². The van der Waals surface area contributed by atoms with E-state index in [4.69, 9.17) is 4.74 Å². The number of anilines is 1. The van der Waals surface area contributed by atoms with Crippen LogP contribution in [0.3, 0.4) is 0 Å². The zero-order valence-corrected chi connectivity index (χ0v) is 14.6. The molecule has 3 aromatic rings. The number of carbonyl (C=O) groups excluding carboxylic acids is 1. The van der Waals surface area contributed by atoms with Gasteiger partial charge >= 0.3 is 6.03 Å². The summed E-state index contributed by atoms with van der Waals surface area (Å²) in [6.45, 7) is 2.61. The van der Waals surface area contributed by atoms with Gasteiger partial charge in [-0.05, 0) is 49.2 Å². The molecule has 7 nitrogen and oxygen atoms in total. The highest BCUT2D eigenvalue weighted by molar-refractivity contribution is 5.89. The number of ether oxygens (including phenoxy) is 1. The van der Waals surface area contributed by atoms with E-state index in [1.807, 2.05) is 53.9 Å². The number of carbonyl (C=O) groups is 1. The van der Waals surface area contributed by atoms with Crippen LogP contribution in [0.25, 0.3) is 5.65 Å². The molecular weight excluding hydrogens is 330 g/mol. The summed E-state index contributed by atoms with van der Waals surface area (Å²) in [6.07, 6.45) is 4.56. The van der Waals surface area contributed by atoms with Crippen LogP contribution in [-0.2, 0) is 12.8 Å². The number of hydrogen-bond donors (Lipinski definition) is 2. The lowest BCUT2D eigenvalue weighted by Gasteiger charge is -2.08. The van der Waals surface area contributed by atoms with Gasteiger partial charge in [-0.1, -0.05) is 6.07 Å². The van der Waals surface area contributed by atoms with Gasteiger partial charge < -0.3 is 15.4 Å². The van der Waals surface area contributed by atoms with Crippen LogP contribution in [0.4, 0.5) is 10.5 Å². The quantitative estimate of drug-likeness (QED) is 0.693. The Morgan fingerprint density at radius 3 is 3.15 bits per heavy atom. The summed E-state index contributed by atoms with van der Waals surface area (Å²) >= 11 is 0. The molecule has 1 aliphatic rings. The second kappa shape index (κ2) is 7.03. The minimum atomic E-state index is -0.206. The smallest absolute Gasteiger partial charge is 0.319 e. The molecule has 0 unspecified atom stereocenters. The molecule has 7 heteroatoms. The fourth-order valence-corrected chi connectivity index (χ4v) is 3.18. The lowest BCUT2D eigenvalue weighted by molar-refractivity contribution is 0.252.